The minimum Gasteiger partial charge on any atom is -0.375 e. The van der Waals surface area contributed by atoms with Crippen LogP contribution in [0.4, 0.5) is 4.79 Å². The molecule has 1 aromatic carbocycles. The lowest BCUT2D eigenvalue weighted by atomic mass is 9.98. The standard InChI is InChI=1S/C20H31N3O2/c1-22-11-5-8-18(15-22)14-21-20(24)23-12-13-25-19(16-23)10-9-17-6-3-2-4-7-17/h2-4,6-7,18-19H,5,8-16H2,1H3,(H,21,24)/t18-,19+/m0/s1. The summed E-state index contributed by atoms with van der Waals surface area (Å²) in [5.41, 5.74) is 1.33. The summed E-state index contributed by atoms with van der Waals surface area (Å²) in [4.78, 5) is 16.8. The Morgan fingerprint density at radius 1 is 1.24 bits per heavy atom. The second kappa shape index (κ2) is 9.20. The summed E-state index contributed by atoms with van der Waals surface area (Å²) in [6.45, 7) is 5.08. The summed E-state index contributed by atoms with van der Waals surface area (Å²) in [5.74, 6) is 0.581. The fourth-order valence-corrected chi connectivity index (χ4v) is 3.83. The Balaban J connectivity index is 1.40. The maximum absolute atomic E-state index is 12.5. The number of hydrogen-bond donors (Lipinski definition) is 1. The number of nitrogens with zero attached hydrogens (tertiary/aromatic N) is 2. The molecule has 1 aromatic rings. The summed E-state index contributed by atoms with van der Waals surface area (Å²) < 4.78 is 5.86. The van der Waals surface area contributed by atoms with Crippen LogP contribution in [0.2, 0.25) is 0 Å². The third-order valence-corrected chi connectivity index (χ3v) is 5.29. The van der Waals surface area contributed by atoms with Crippen molar-refractivity contribution in [1.29, 1.82) is 0 Å². The number of benzene rings is 1. The minimum atomic E-state index is 0.0706. The van der Waals surface area contributed by atoms with Crippen molar-refractivity contribution in [3.8, 4) is 0 Å². The molecule has 2 aliphatic heterocycles. The van der Waals surface area contributed by atoms with Gasteiger partial charge in [-0.15, -0.1) is 0 Å². The lowest BCUT2D eigenvalue weighted by molar-refractivity contribution is -0.0177. The van der Waals surface area contributed by atoms with Crippen molar-refractivity contribution in [2.75, 3.05) is 46.4 Å². The molecule has 2 amide bonds. The van der Waals surface area contributed by atoms with Gasteiger partial charge in [-0.2, -0.15) is 0 Å². The molecule has 1 N–H and O–H groups in total. The minimum absolute atomic E-state index is 0.0706. The average molecular weight is 345 g/mol. The van der Waals surface area contributed by atoms with E-state index in [1.807, 2.05) is 11.0 Å². The molecule has 5 heteroatoms. The van der Waals surface area contributed by atoms with E-state index < -0.39 is 0 Å². The smallest absolute Gasteiger partial charge is 0.317 e. The number of amides is 2. The fourth-order valence-electron chi connectivity index (χ4n) is 3.83. The predicted octanol–water partition coefficient (Wildman–Crippen LogP) is 2.37. The van der Waals surface area contributed by atoms with E-state index in [1.54, 1.807) is 0 Å². The van der Waals surface area contributed by atoms with Gasteiger partial charge in [0.25, 0.3) is 0 Å². The van der Waals surface area contributed by atoms with Gasteiger partial charge in [-0.3, -0.25) is 0 Å². The van der Waals surface area contributed by atoms with Gasteiger partial charge in [-0.05, 0) is 50.8 Å². The lowest BCUT2D eigenvalue weighted by Gasteiger charge is -2.34. The monoisotopic (exact) mass is 345 g/mol. The number of carbonyl (C=O) groups is 1. The number of piperidine rings is 1. The van der Waals surface area contributed by atoms with Crippen molar-refractivity contribution in [3.05, 3.63) is 35.9 Å². The van der Waals surface area contributed by atoms with Crippen molar-refractivity contribution in [1.82, 2.24) is 15.1 Å². The second-order valence-corrected chi connectivity index (χ2v) is 7.42. The van der Waals surface area contributed by atoms with Crippen LogP contribution in [-0.2, 0) is 11.2 Å². The average Bonchev–Trinajstić information content (AvgIpc) is 2.65. The van der Waals surface area contributed by atoms with E-state index in [-0.39, 0.29) is 12.1 Å². The van der Waals surface area contributed by atoms with Crippen LogP contribution in [0.25, 0.3) is 0 Å². The van der Waals surface area contributed by atoms with Crippen molar-refractivity contribution in [2.45, 2.75) is 31.8 Å². The van der Waals surface area contributed by atoms with Crippen LogP contribution in [0.5, 0.6) is 0 Å². The van der Waals surface area contributed by atoms with Gasteiger partial charge in [-0.1, -0.05) is 30.3 Å². The van der Waals surface area contributed by atoms with E-state index in [2.05, 4.69) is 41.5 Å². The van der Waals surface area contributed by atoms with Crippen LogP contribution in [0.3, 0.4) is 0 Å². The maximum Gasteiger partial charge on any atom is 0.317 e. The highest BCUT2D eigenvalue weighted by atomic mass is 16.5. The number of likely N-dealkylation sites (tertiary alicyclic amines) is 1. The third kappa shape index (κ3) is 5.72. The molecule has 5 nitrogen and oxygen atoms in total. The maximum atomic E-state index is 12.5. The fraction of sp³-hybridized carbons (Fsp3) is 0.650. The third-order valence-electron chi connectivity index (χ3n) is 5.29. The van der Waals surface area contributed by atoms with Crippen molar-refractivity contribution in [2.24, 2.45) is 5.92 Å². The summed E-state index contributed by atoms with van der Waals surface area (Å²) in [6.07, 6.45) is 4.54. The molecule has 25 heavy (non-hydrogen) atoms. The number of ether oxygens (including phenoxy) is 1. The number of hydrogen-bond acceptors (Lipinski definition) is 3. The van der Waals surface area contributed by atoms with Gasteiger partial charge < -0.3 is 19.9 Å². The van der Waals surface area contributed by atoms with Crippen LogP contribution in [-0.4, -0.2) is 68.3 Å². The first-order chi connectivity index (χ1) is 12.2. The molecule has 0 aliphatic carbocycles. The summed E-state index contributed by atoms with van der Waals surface area (Å²) in [6, 6.07) is 10.5. The number of nitrogens with one attached hydrogen (secondary N) is 1. The van der Waals surface area contributed by atoms with E-state index in [4.69, 9.17) is 4.74 Å². The molecule has 3 rings (SSSR count). The van der Waals surface area contributed by atoms with Gasteiger partial charge >= 0.3 is 6.03 Å². The molecule has 2 aliphatic rings. The summed E-state index contributed by atoms with van der Waals surface area (Å²) in [5, 5.41) is 3.14. The molecule has 2 atom stereocenters. The van der Waals surface area contributed by atoms with Gasteiger partial charge in [0.15, 0.2) is 0 Å². The zero-order valence-corrected chi connectivity index (χ0v) is 15.3. The van der Waals surface area contributed by atoms with Crippen molar-refractivity contribution in [3.63, 3.8) is 0 Å². The summed E-state index contributed by atoms with van der Waals surface area (Å²) in [7, 11) is 2.16. The molecule has 2 saturated heterocycles. The van der Waals surface area contributed by atoms with Gasteiger partial charge in [0.2, 0.25) is 0 Å². The normalized spacial score (nSPS) is 24.9. The van der Waals surface area contributed by atoms with Gasteiger partial charge in [0.1, 0.15) is 0 Å². The molecule has 138 valence electrons. The first kappa shape index (κ1) is 18.2. The van der Waals surface area contributed by atoms with Crippen LogP contribution >= 0.6 is 0 Å². The van der Waals surface area contributed by atoms with Crippen LogP contribution < -0.4 is 5.32 Å². The van der Waals surface area contributed by atoms with Gasteiger partial charge in [0, 0.05) is 26.2 Å². The molecule has 2 fully saturated rings. The highest BCUT2D eigenvalue weighted by Gasteiger charge is 2.25. The first-order valence-corrected chi connectivity index (χ1v) is 9.57. The SMILES string of the molecule is CN1CCC[C@@H](CNC(=O)N2CCO[C@H](CCc3ccccc3)C2)C1. The van der Waals surface area contributed by atoms with Gasteiger partial charge in [0.05, 0.1) is 12.7 Å². The van der Waals surface area contributed by atoms with Gasteiger partial charge in [-0.25, -0.2) is 4.79 Å². The Kier molecular flexibility index (Phi) is 6.70. The zero-order chi connectivity index (χ0) is 17.5. The Labute approximate surface area is 151 Å². The molecular weight excluding hydrogens is 314 g/mol. The van der Waals surface area contributed by atoms with Crippen LogP contribution in [0.1, 0.15) is 24.8 Å². The molecule has 0 radical (unpaired) electrons. The molecule has 0 unspecified atom stereocenters. The number of carbonyl (C=O) groups excluding carboxylic acids is 1. The van der Waals surface area contributed by atoms with Crippen LogP contribution in [0.15, 0.2) is 30.3 Å². The quantitative estimate of drug-likeness (QED) is 0.891. The Bertz CT molecular complexity index is 537. The molecule has 0 spiro atoms. The second-order valence-electron chi connectivity index (χ2n) is 7.42. The number of urea groups is 1. The number of rotatable bonds is 5. The van der Waals surface area contributed by atoms with E-state index in [9.17, 15) is 4.79 Å². The van der Waals surface area contributed by atoms with Crippen molar-refractivity contribution < 1.29 is 9.53 Å². The predicted molar refractivity (Wildman–Crippen MR) is 99.7 cm³/mol. The Morgan fingerprint density at radius 2 is 2.08 bits per heavy atom. The molecule has 0 saturated carbocycles. The van der Waals surface area contributed by atoms with E-state index in [0.717, 1.165) is 25.9 Å². The van der Waals surface area contributed by atoms with Crippen molar-refractivity contribution >= 4 is 6.03 Å². The topological polar surface area (TPSA) is 44.8 Å². The largest absolute Gasteiger partial charge is 0.375 e. The Morgan fingerprint density at radius 3 is 2.88 bits per heavy atom. The molecule has 2 heterocycles. The highest BCUT2D eigenvalue weighted by molar-refractivity contribution is 5.74. The molecule has 0 aromatic heterocycles. The van der Waals surface area contributed by atoms with E-state index >= 15 is 0 Å². The van der Waals surface area contributed by atoms with E-state index in [0.29, 0.717) is 25.6 Å². The lowest BCUT2D eigenvalue weighted by Crippen LogP contribution is -2.51. The highest BCUT2D eigenvalue weighted by Crippen LogP contribution is 2.15. The number of morpholine rings is 1. The van der Waals surface area contributed by atoms with E-state index in [1.165, 1.54) is 24.9 Å². The number of aryl methyl sites for hydroxylation is 1. The molecular formula is C20H31N3O2. The summed E-state index contributed by atoms with van der Waals surface area (Å²) >= 11 is 0. The first-order valence-electron chi connectivity index (χ1n) is 9.57. The Hall–Kier alpha value is -1.59. The van der Waals surface area contributed by atoms with Crippen LogP contribution in [0, 0.1) is 5.92 Å². The zero-order valence-electron chi connectivity index (χ0n) is 15.3. The molecule has 0 bridgehead atoms.